The highest BCUT2D eigenvalue weighted by Gasteiger charge is 2.07. The van der Waals surface area contributed by atoms with E-state index in [1.807, 2.05) is 6.07 Å². The lowest BCUT2D eigenvalue weighted by Crippen LogP contribution is -2.04. The third-order valence-corrected chi connectivity index (χ3v) is 3.05. The number of nitrogens with zero attached hydrogens (tertiary/aromatic N) is 1. The maximum Gasteiger partial charge on any atom is 0.124 e. The fourth-order valence-electron chi connectivity index (χ4n) is 1.79. The molecule has 0 amide bonds. The summed E-state index contributed by atoms with van der Waals surface area (Å²) in [4.78, 5) is 0. The highest BCUT2D eigenvalue weighted by Crippen LogP contribution is 2.24. The van der Waals surface area contributed by atoms with E-state index in [-0.39, 0.29) is 13.2 Å². The fourth-order valence-corrected chi connectivity index (χ4v) is 1.99. The zero-order chi connectivity index (χ0) is 14.5. The minimum absolute atomic E-state index is 0.0925. The Hall–Kier alpha value is -2.09. The molecular formula is C15H12ClFN2O. The van der Waals surface area contributed by atoms with Gasteiger partial charge in [-0.05, 0) is 36.4 Å². The Morgan fingerprint density at radius 1 is 1.20 bits per heavy atom. The van der Waals surface area contributed by atoms with Gasteiger partial charge in [-0.25, -0.2) is 4.39 Å². The SMILES string of the molecule is N#Cc1ccc(F)cc1COc1ccc(Cl)cc1CN. The summed E-state index contributed by atoms with van der Waals surface area (Å²) >= 11 is 5.88. The number of rotatable bonds is 4. The summed E-state index contributed by atoms with van der Waals surface area (Å²) < 4.78 is 18.8. The van der Waals surface area contributed by atoms with E-state index in [4.69, 9.17) is 27.3 Å². The predicted molar refractivity (Wildman–Crippen MR) is 74.8 cm³/mol. The van der Waals surface area contributed by atoms with Gasteiger partial charge in [0.25, 0.3) is 0 Å². The van der Waals surface area contributed by atoms with Crippen molar-refractivity contribution >= 4 is 11.6 Å². The molecule has 2 N–H and O–H groups in total. The van der Waals surface area contributed by atoms with Crippen LogP contribution in [0.3, 0.4) is 0 Å². The van der Waals surface area contributed by atoms with E-state index in [1.165, 1.54) is 18.2 Å². The van der Waals surface area contributed by atoms with E-state index >= 15 is 0 Å². The molecule has 3 nitrogen and oxygen atoms in total. The summed E-state index contributed by atoms with van der Waals surface area (Å²) in [5.74, 6) is 0.169. The summed E-state index contributed by atoms with van der Waals surface area (Å²) in [5.41, 5.74) is 7.25. The molecule has 0 aliphatic heterocycles. The highest BCUT2D eigenvalue weighted by molar-refractivity contribution is 6.30. The molecule has 0 radical (unpaired) electrons. The Morgan fingerprint density at radius 2 is 2.00 bits per heavy atom. The van der Waals surface area contributed by atoms with Gasteiger partial charge in [0.1, 0.15) is 18.2 Å². The van der Waals surface area contributed by atoms with Crippen molar-refractivity contribution in [1.29, 1.82) is 5.26 Å². The van der Waals surface area contributed by atoms with Gasteiger partial charge in [-0.1, -0.05) is 11.6 Å². The number of hydrogen-bond acceptors (Lipinski definition) is 3. The van der Waals surface area contributed by atoms with Crippen LogP contribution < -0.4 is 10.5 Å². The molecule has 0 atom stereocenters. The van der Waals surface area contributed by atoms with E-state index in [0.717, 1.165) is 5.56 Å². The molecule has 20 heavy (non-hydrogen) atoms. The normalized spacial score (nSPS) is 10.1. The molecule has 0 heterocycles. The molecule has 0 bridgehead atoms. The zero-order valence-corrected chi connectivity index (χ0v) is 11.3. The standard InChI is InChI=1S/C15H12ClFN2O/c16-13-2-4-15(11(5-13)8-19)20-9-12-6-14(17)3-1-10(12)7-18/h1-6H,8-9,19H2. The molecule has 0 spiro atoms. The van der Waals surface area contributed by atoms with Gasteiger partial charge >= 0.3 is 0 Å². The predicted octanol–water partition coefficient (Wildman–Crippen LogP) is 3.39. The van der Waals surface area contributed by atoms with E-state index in [1.54, 1.807) is 18.2 Å². The maximum atomic E-state index is 13.2. The van der Waals surface area contributed by atoms with Crippen molar-refractivity contribution in [3.63, 3.8) is 0 Å². The van der Waals surface area contributed by atoms with Crippen LogP contribution in [0.4, 0.5) is 4.39 Å². The van der Waals surface area contributed by atoms with E-state index < -0.39 is 5.82 Å². The van der Waals surface area contributed by atoms with Crippen molar-refractivity contribution in [1.82, 2.24) is 0 Å². The van der Waals surface area contributed by atoms with Crippen LogP contribution in [-0.4, -0.2) is 0 Å². The second kappa shape index (κ2) is 6.38. The average molecular weight is 291 g/mol. The Balaban J connectivity index is 2.21. The summed E-state index contributed by atoms with van der Waals surface area (Å²) in [6.45, 7) is 0.374. The summed E-state index contributed by atoms with van der Waals surface area (Å²) in [6, 6.07) is 11.1. The van der Waals surface area contributed by atoms with Gasteiger partial charge < -0.3 is 10.5 Å². The first kappa shape index (κ1) is 14.3. The maximum absolute atomic E-state index is 13.2. The quantitative estimate of drug-likeness (QED) is 0.939. The van der Waals surface area contributed by atoms with Gasteiger partial charge in [0.15, 0.2) is 0 Å². The molecule has 5 heteroatoms. The highest BCUT2D eigenvalue weighted by atomic mass is 35.5. The third-order valence-electron chi connectivity index (χ3n) is 2.81. The molecule has 0 saturated carbocycles. The van der Waals surface area contributed by atoms with Crippen molar-refractivity contribution < 1.29 is 9.13 Å². The van der Waals surface area contributed by atoms with Crippen molar-refractivity contribution in [2.24, 2.45) is 5.73 Å². The molecule has 0 aromatic heterocycles. The van der Waals surface area contributed by atoms with Crippen molar-refractivity contribution in [2.45, 2.75) is 13.2 Å². The molecule has 0 fully saturated rings. The average Bonchev–Trinajstić information content (AvgIpc) is 2.46. The first-order chi connectivity index (χ1) is 9.63. The van der Waals surface area contributed by atoms with Gasteiger partial charge in [0.2, 0.25) is 0 Å². The molecular weight excluding hydrogens is 279 g/mol. The number of halogens is 2. The van der Waals surface area contributed by atoms with E-state index in [9.17, 15) is 4.39 Å². The topological polar surface area (TPSA) is 59.0 Å². The second-order valence-corrected chi connectivity index (χ2v) is 4.59. The van der Waals surface area contributed by atoms with Crippen molar-refractivity contribution in [3.8, 4) is 11.8 Å². The van der Waals surface area contributed by atoms with Crippen LogP contribution >= 0.6 is 11.6 Å². The van der Waals surface area contributed by atoms with Gasteiger partial charge in [-0.15, -0.1) is 0 Å². The Bertz CT molecular complexity index is 667. The van der Waals surface area contributed by atoms with Crippen LogP contribution in [0.2, 0.25) is 5.02 Å². The smallest absolute Gasteiger partial charge is 0.124 e. The van der Waals surface area contributed by atoms with Crippen LogP contribution in [0.5, 0.6) is 5.75 Å². The molecule has 0 saturated heterocycles. The van der Waals surface area contributed by atoms with E-state index in [0.29, 0.717) is 21.9 Å². The molecule has 0 aliphatic rings. The summed E-state index contributed by atoms with van der Waals surface area (Å²) in [6.07, 6.45) is 0. The van der Waals surface area contributed by atoms with Crippen molar-refractivity contribution in [3.05, 3.63) is 63.9 Å². The number of nitrogens with two attached hydrogens (primary N) is 1. The Kier molecular flexibility index (Phi) is 4.57. The zero-order valence-electron chi connectivity index (χ0n) is 10.6. The van der Waals surface area contributed by atoms with E-state index in [2.05, 4.69) is 0 Å². The molecule has 2 rings (SSSR count). The van der Waals surface area contributed by atoms with Gasteiger partial charge in [0, 0.05) is 22.7 Å². The lowest BCUT2D eigenvalue weighted by atomic mass is 10.1. The number of nitriles is 1. The first-order valence-electron chi connectivity index (χ1n) is 5.94. The van der Waals surface area contributed by atoms with Crippen LogP contribution in [0.1, 0.15) is 16.7 Å². The van der Waals surface area contributed by atoms with Crippen LogP contribution in [0, 0.1) is 17.1 Å². The molecule has 0 unspecified atom stereocenters. The lowest BCUT2D eigenvalue weighted by molar-refractivity contribution is 0.302. The minimum Gasteiger partial charge on any atom is -0.489 e. The van der Waals surface area contributed by atoms with Crippen LogP contribution in [0.15, 0.2) is 36.4 Å². The second-order valence-electron chi connectivity index (χ2n) is 4.16. The Labute approximate surface area is 121 Å². The minimum atomic E-state index is -0.405. The first-order valence-corrected chi connectivity index (χ1v) is 6.31. The number of benzene rings is 2. The van der Waals surface area contributed by atoms with Gasteiger partial charge in [0.05, 0.1) is 11.6 Å². The molecule has 2 aromatic carbocycles. The number of ether oxygens (including phenoxy) is 1. The summed E-state index contributed by atoms with van der Waals surface area (Å²) in [7, 11) is 0. The van der Waals surface area contributed by atoms with Crippen LogP contribution in [0.25, 0.3) is 0 Å². The molecule has 0 aliphatic carbocycles. The largest absolute Gasteiger partial charge is 0.489 e. The van der Waals surface area contributed by atoms with Crippen molar-refractivity contribution in [2.75, 3.05) is 0 Å². The molecule has 2 aromatic rings. The monoisotopic (exact) mass is 290 g/mol. The Morgan fingerprint density at radius 3 is 2.70 bits per heavy atom. The molecule has 102 valence electrons. The van der Waals surface area contributed by atoms with Gasteiger partial charge in [-0.3, -0.25) is 0 Å². The van der Waals surface area contributed by atoms with Gasteiger partial charge in [-0.2, -0.15) is 5.26 Å². The third kappa shape index (κ3) is 3.27. The fraction of sp³-hybridized carbons (Fsp3) is 0.133. The van der Waals surface area contributed by atoms with Crippen LogP contribution in [-0.2, 0) is 13.2 Å². The number of hydrogen-bond donors (Lipinski definition) is 1. The lowest BCUT2D eigenvalue weighted by Gasteiger charge is -2.11. The summed E-state index contributed by atoms with van der Waals surface area (Å²) in [5, 5.41) is 9.55.